The maximum absolute atomic E-state index is 12.3. The number of nitrogens with one attached hydrogen (secondary N) is 1. The van der Waals surface area contributed by atoms with Gasteiger partial charge in [0.2, 0.25) is 0 Å². The Morgan fingerprint density at radius 3 is 2.38 bits per heavy atom. The molecule has 2 aromatic rings. The van der Waals surface area contributed by atoms with Crippen molar-refractivity contribution in [3.8, 4) is 0 Å². The van der Waals surface area contributed by atoms with Gasteiger partial charge < -0.3 is 16.0 Å². The summed E-state index contributed by atoms with van der Waals surface area (Å²) in [4.78, 5) is 14.2. The summed E-state index contributed by atoms with van der Waals surface area (Å²) in [5.41, 5.74) is 9.13. The van der Waals surface area contributed by atoms with Gasteiger partial charge in [0.05, 0.1) is 17.4 Å². The van der Waals surface area contributed by atoms with Gasteiger partial charge in [-0.3, -0.25) is 4.79 Å². The van der Waals surface area contributed by atoms with Crippen LogP contribution in [0.15, 0.2) is 48.5 Å². The molecule has 4 nitrogen and oxygen atoms in total. The average molecular weight is 283 g/mol. The van der Waals surface area contributed by atoms with Gasteiger partial charge in [-0.25, -0.2) is 0 Å². The van der Waals surface area contributed by atoms with E-state index in [1.807, 2.05) is 62.3 Å². The SMILES string of the molecule is C[C@H](NC(=O)c1ccc(N(C)C)c(N)c1)c1ccccc1. The predicted octanol–water partition coefficient (Wildman–Crippen LogP) is 2.83. The molecule has 0 bridgehead atoms. The molecule has 0 aliphatic heterocycles. The highest BCUT2D eigenvalue weighted by atomic mass is 16.1. The van der Waals surface area contributed by atoms with Gasteiger partial charge >= 0.3 is 0 Å². The molecule has 0 aliphatic carbocycles. The van der Waals surface area contributed by atoms with Crippen LogP contribution in [-0.4, -0.2) is 20.0 Å². The number of hydrogen-bond donors (Lipinski definition) is 2. The second kappa shape index (κ2) is 6.31. The van der Waals surface area contributed by atoms with Crippen molar-refractivity contribution in [2.24, 2.45) is 0 Å². The molecule has 2 aromatic carbocycles. The number of benzene rings is 2. The minimum Gasteiger partial charge on any atom is -0.397 e. The summed E-state index contributed by atoms with van der Waals surface area (Å²) in [5, 5.41) is 2.98. The van der Waals surface area contributed by atoms with Crippen molar-refractivity contribution >= 4 is 17.3 Å². The first-order chi connectivity index (χ1) is 9.99. The molecule has 21 heavy (non-hydrogen) atoms. The predicted molar refractivity (Wildman–Crippen MR) is 87.5 cm³/mol. The molecular weight excluding hydrogens is 262 g/mol. The molecule has 0 radical (unpaired) electrons. The van der Waals surface area contributed by atoms with Crippen LogP contribution in [0, 0.1) is 0 Å². The fourth-order valence-corrected chi connectivity index (χ4v) is 2.21. The standard InChI is InChI=1S/C17H21N3O/c1-12(13-7-5-4-6-8-13)19-17(21)14-9-10-16(20(2)3)15(18)11-14/h4-12H,18H2,1-3H3,(H,19,21)/t12-/m0/s1. The van der Waals surface area contributed by atoms with E-state index in [0.717, 1.165) is 11.3 Å². The van der Waals surface area contributed by atoms with E-state index in [1.54, 1.807) is 12.1 Å². The normalized spacial score (nSPS) is 11.8. The third kappa shape index (κ3) is 3.54. The number of nitrogens with two attached hydrogens (primary N) is 1. The summed E-state index contributed by atoms with van der Waals surface area (Å²) in [6.07, 6.45) is 0. The van der Waals surface area contributed by atoms with E-state index < -0.39 is 0 Å². The third-order valence-electron chi connectivity index (χ3n) is 3.42. The Hall–Kier alpha value is -2.49. The lowest BCUT2D eigenvalue weighted by Crippen LogP contribution is -2.26. The molecule has 110 valence electrons. The molecule has 0 saturated heterocycles. The zero-order valence-electron chi connectivity index (χ0n) is 12.6. The highest BCUT2D eigenvalue weighted by molar-refractivity contribution is 5.96. The van der Waals surface area contributed by atoms with Crippen molar-refractivity contribution in [1.82, 2.24) is 5.32 Å². The van der Waals surface area contributed by atoms with E-state index in [-0.39, 0.29) is 11.9 Å². The van der Waals surface area contributed by atoms with Crippen LogP contribution in [0.1, 0.15) is 28.9 Å². The van der Waals surface area contributed by atoms with Gasteiger partial charge in [0, 0.05) is 19.7 Å². The maximum atomic E-state index is 12.3. The van der Waals surface area contributed by atoms with Crippen LogP contribution >= 0.6 is 0 Å². The largest absolute Gasteiger partial charge is 0.397 e. The molecule has 4 heteroatoms. The molecule has 0 unspecified atom stereocenters. The van der Waals surface area contributed by atoms with Crippen molar-refractivity contribution < 1.29 is 4.79 Å². The number of carbonyl (C=O) groups excluding carboxylic acids is 1. The minimum atomic E-state index is -0.122. The van der Waals surface area contributed by atoms with E-state index in [2.05, 4.69) is 5.32 Å². The molecule has 0 heterocycles. The Morgan fingerprint density at radius 2 is 1.81 bits per heavy atom. The van der Waals surface area contributed by atoms with Crippen LogP contribution < -0.4 is 16.0 Å². The highest BCUT2D eigenvalue weighted by Crippen LogP contribution is 2.22. The van der Waals surface area contributed by atoms with E-state index in [0.29, 0.717) is 11.3 Å². The number of carbonyl (C=O) groups is 1. The van der Waals surface area contributed by atoms with E-state index in [4.69, 9.17) is 5.73 Å². The first kappa shape index (κ1) is 14.9. The van der Waals surface area contributed by atoms with Crippen LogP contribution in [0.2, 0.25) is 0 Å². The van der Waals surface area contributed by atoms with E-state index in [1.165, 1.54) is 0 Å². The van der Waals surface area contributed by atoms with Crippen LogP contribution in [0.25, 0.3) is 0 Å². The van der Waals surface area contributed by atoms with E-state index in [9.17, 15) is 4.79 Å². The smallest absolute Gasteiger partial charge is 0.251 e. The van der Waals surface area contributed by atoms with Gasteiger partial charge in [0.15, 0.2) is 0 Å². The van der Waals surface area contributed by atoms with Gasteiger partial charge in [-0.1, -0.05) is 30.3 Å². The van der Waals surface area contributed by atoms with Crippen LogP contribution in [0.5, 0.6) is 0 Å². The number of amides is 1. The third-order valence-corrected chi connectivity index (χ3v) is 3.42. The summed E-state index contributed by atoms with van der Waals surface area (Å²) < 4.78 is 0. The second-order valence-electron chi connectivity index (χ2n) is 5.27. The summed E-state index contributed by atoms with van der Waals surface area (Å²) in [7, 11) is 3.84. The number of anilines is 2. The summed E-state index contributed by atoms with van der Waals surface area (Å²) in [6, 6.07) is 15.2. The van der Waals surface area contributed by atoms with Crippen molar-refractivity contribution in [3.05, 3.63) is 59.7 Å². The first-order valence-corrected chi connectivity index (χ1v) is 6.91. The van der Waals surface area contributed by atoms with Crippen LogP contribution in [-0.2, 0) is 0 Å². The highest BCUT2D eigenvalue weighted by Gasteiger charge is 2.12. The molecule has 0 fully saturated rings. The molecule has 2 rings (SSSR count). The van der Waals surface area contributed by atoms with Crippen LogP contribution in [0.4, 0.5) is 11.4 Å². The number of nitrogen functional groups attached to an aromatic ring is 1. The zero-order valence-corrected chi connectivity index (χ0v) is 12.6. The fraction of sp³-hybridized carbons (Fsp3) is 0.235. The van der Waals surface area contributed by atoms with Gasteiger partial charge in [-0.05, 0) is 30.7 Å². The Morgan fingerprint density at radius 1 is 1.14 bits per heavy atom. The number of rotatable bonds is 4. The lowest BCUT2D eigenvalue weighted by atomic mass is 10.1. The molecule has 1 atom stereocenters. The van der Waals surface area contributed by atoms with Gasteiger partial charge in [-0.15, -0.1) is 0 Å². The quantitative estimate of drug-likeness (QED) is 0.848. The van der Waals surface area contributed by atoms with Gasteiger partial charge in [-0.2, -0.15) is 0 Å². The monoisotopic (exact) mass is 283 g/mol. The molecule has 1 amide bonds. The van der Waals surface area contributed by atoms with Crippen molar-refractivity contribution in [2.45, 2.75) is 13.0 Å². The van der Waals surface area contributed by atoms with Crippen molar-refractivity contribution in [2.75, 3.05) is 24.7 Å². The Kier molecular flexibility index (Phi) is 4.48. The summed E-state index contributed by atoms with van der Waals surface area (Å²) in [5.74, 6) is -0.122. The molecular formula is C17H21N3O. The first-order valence-electron chi connectivity index (χ1n) is 6.91. The van der Waals surface area contributed by atoms with Gasteiger partial charge in [0.1, 0.15) is 0 Å². The summed E-state index contributed by atoms with van der Waals surface area (Å²) in [6.45, 7) is 1.96. The number of hydrogen-bond acceptors (Lipinski definition) is 3. The van der Waals surface area contributed by atoms with Crippen LogP contribution in [0.3, 0.4) is 0 Å². The zero-order chi connectivity index (χ0) is 15.4. The molecule has 0 saturated carbocycles. The molecule has 0 spiro atoms. The average Bonchev–Trinajstić information content (AvgIpc) is 2.47. The second-order valence-corrected chi connectivity index (χ2v) is 5.27. The van der Waals surface area contributed by atoms with Gasteiger partial charge in [0.25, 0.3) is 5.91 Å². The number of nitrogens with zero attached hydrogens (tertiary/aromatic N) is 1. The Balaban J connectivity index is 2.12. The van der Waals surface area contributed by atoms with Crippen molar-refractivity contribution in [1.29, 1.82) is 0 Å². The van der Waals surface area contributed by atoms with Crippen molar-refractivity contribution in [3.63, 3.8) is 0 Å². The Labute approximate surface area is 125 Å². The Bertz CT molecular complexity index is 623. The lowest BCUT2D eigenvalue weighted by molar-refractivity contribution is 0.0940. The molecule has 0 aromatic heterocycles. The topological polar surface area (TPSA) is 58.4 Å². The lowest BCUT2D eigenvalue weighted by Gasteiger charge is -2.17. The maximum Gasteiger partial charge on any atom is 0.251 e. The van der Waals surface area contributed by atoms with E-state index >= 15 is 0 Å². The summed E-state index contributed by atoms with van der Waals surface area (Å²) >= 11 is 0. The molecule has 0 aliphatic rings. The minimum absolute atomic E-state index is 0.0477. The molecule has 3 N–H and O–H groups in total. The fourth-order valence-electron chi connectivity index (χ4n) is 2.21.